The van der Waals surface area contributed by atoms with Crippen LogP contribution < -0.4 is 10.6 Å². The zero-order valence-electron chi connectivity index (χ0n) is 19.2. The Hall–Kier alpha value is -3.70. The number of aryl methyl sites for hydroxylation is 1. The van der Waals surface area contributed by atoms with E-state index in [9.17, 15) is 4.79 Å². The topological polar surface area (TPSA) is 59.0 Å². The minimum absolute atomic E-state index is 0.0403. The quantitative estimate of drug-likeness (QED) is 0.403. The van der Waals surface area contributed by atoms with Crippen molar-refractivity contribution in [2.75, 3.05) is 6.54 Å². The number of carbonyl (C=O) groups excluding carboxylic acids is 1. The third-order valence-electron chi connectivity index (χ3n) is 5.90. The van der Waals surface area contributed by atoms with Gasteiger partial charge in [0.2, 0.25) is 5.91 Å². The highest BCUT2D eigenvalue weighted by atomic mass is 16.1. The number of carbonyl (C=O) groups is 1. The lowest BCUT2D eigenvalue weighted by atomic mass is 9.99. The molecule has 3 aromatic carbocycles. The Balaban J connectivity index is 1.38. The van der Waals surface area contributed by atoms with Crippen LogP contribution in [0.15, 0.2) is 91.0 Å². The largest absolute Gasteiger partial charge is 0.351 e. The highest BCUT2D eigenvalue weighted by molar-refractivity contribution is 5.78. The first-order valence-electron chi connectivity index (χ1n) is 11.3. The number of aromatic nitrogens is 2. The molecule has 1 amide bonds. The van der Waals surface area contributed by atoms with E-state index in [0.29, 0.717) is 6.54 Å². The van der Waals surface area contributed by atoms with Crippen molar-refractivity contribution in [3.63, 3.8) is 0 Å². The summed E-state index contributed by atoms with van der Waals surface area (Å²) >= 11 is 0. The Bertz CT molecular complexity index is 1130. The van der Waals surface area contributed by atoms with Gasteiger partial charge in [-0.2, -0.15) is 5.10 Å². The molecule has 0 aliphatic rings. The molecule has 0 aliphatic carbocycles. The van der Waals surface area contributed by atoms with Gasteiger partial charge in [0.1, 0.15) is 0 Å². The third kappa shape index (κ3) is 5.76. The number of hydrogen-bond acceptors (Lipinski definition) is 3. The van der Waals surface area contributed by atoms with Gasteiger partial charge in [-0.25, -0.2) is 0 Å². The highest BCUT2D eigenvalue weighted by Gasteiger charge is 2.16. The summed E-state index contributed by atoms with van der Waals surface area (Å²) in [6, 6.07) is 30.6. The van der Waals surface area contributed by atoms with E-state index in [2.05, 4.69) is 59.1 Å². The van der Waals surface area contributed by atoms with Crippen LogP contribution in [0.5, 0.6) is 0 Å². The normalized spacial score (nSPS) is 11.0. The van der Waals surface area contributed by atoms with Crippen molar-refractivity contribution in [3.8, 4) is 0 Å². The molecule has 168 valence electrons. The molecule has 0 atom stereocenters. The summed E-state index contributed by atoms with van der Waals surface area (Å²) < 4.78 is 2.01. The van der Waals surface area contributed by atoms with Crippen molar-refractivity contribution in [2.24, 2.45) is 0 Å². The first-order valence-corrected chi connectivity index (χ1v) is 11.3. The summed E-state index contributed by atoms with van der Waals surface area (Å²) in [5.74, 6) is -0.0403. The molecule has 1 heterocycles. The van der Waals surface area contributed by atoms with Gasteiger partial charge >= 0.3 is 0 Å². The molecular formula is C28H30N4O. The fraction of sp³-hybridized carbons (Fsp3) is 0.214. The van der Waals surface area contributed by atoms with Crippen LogP contribution in [0, 0.1) is 13.8 Å². The molecule has 0 saturated carbocycles. The van der Waals surface area contributed by atoms with E-state index in [1.165, 1.54) is 5.56 Å². The zero-order chi connectivity index (χ0) is 23.0. The average Bonchev–Trinajstić information content (AvgIpc) is 3.12. The molecule has 4 aromatic rings. The Kier molecular flexibility index (Phi) is 7.33. The average molecular weight is 439 g/mol. The maximum atomic E-state index is 12.7. The molecule has 0 bridgehead atoms. The van der Waals surface area contributed by atoms with Gasteiger partial charge in [0.05, 0.1) is 24.8 Å². The van der Waals surface area contributed by atoms with Gasteiger partial charge in [0.15, 0.2) is 0 Å². The molecule has 0 spiro atoms. The van der Waals surface area contributed by atoms with Crippen molar-refractivity contribution in [3.05, 3.63) is 125 Å². The Morgan fingerprint density at radius 1 is 0.848 bits per heavy atom. The lowest BCUT2D eigenvalue weighted by Crippen LogP contribution is -2.36. The molecule has 33 heavy (non-hydrogen) atoms. The summed E-state index contributed by atoms with van der Waals surface area (Å²) in [7, 11) is 0. The molecule has 4 rings (SSSR count). The van der Waals surface area contributed by atoms with Gasteiger partial charge in [-0.15, -0.1) is 0 Å². The SMILES string of the molecule is Cc1nn(Cc2ccccc2)c(C)c1CNC(=O)CNC(c1ccccc1)c1ccccc1. The highest BCUT2D eigenvalue weighted by Crippen LogP contribution is 2.21. The van der Waals surface area contributed by atoms with Crippen molar-refractivity contribution in [2.45, 2.75) is 33.0 Å². The maximum Gasteiger partial charge on any atom is 0.234 e. The molecule has 0 aliphatic heterocycles. The van der Waals surface area contributed by atoms with Gasteiger partial charge in [0.25, 0.3) is 0 Å². The van der Waals surface area contributed by atoms with E-state index in [1.807, 2.05) is 66.2 Å². The standard InChI is InChI=1S/C28H30N4O/c1-21-26(22(2)32(31-21)20-23-12-6-3-7-13-23)18-29-27(33)19-30-28(24-14-8-4-9-15-24)25-16-10-5-11-17-25/h3-17,28,30H,18-20H2,1-2H3,(H,29,33). The Morgan fingerprint density at radius 2 is 1.39 bits per heavy atom. The van der Waals surface area contributed by atoms with Crippen LogP contribution in [-0.2, 0) is 17.9 Å². The number of benzene rings is 3. The van der Waals surface area contributed by atoms with Crippen LogP contribution in [0.1, 0.15) is 39.7 Å². The van der Waals surface area contributed by atoms with Crippen molar-refractivity contribution in [1.29, 1.82) is 0 Å². The number of nitrogens with one attached hydrogen (secondary N) is 2. The second kappa shape index (κ2) is 10.7. The predicted molar refractivity (Wildman–Crippen MR) is 132 cm³/mol. The van der Waals surface area contributed by atoms with Crippen molar-refractivity contribution >= 4 is 5.91 Å². The molecule has 2 N–H and O–H groups in total. The van der Waals surface area contributed by atoms with Crippen molar-refractivity contribution in [1.82, 2.24) is 20.4 Å². The monoisotopic (exact) mass is 438 g/mol. The van der Waals surface area contributed by atoms with Gasteiger partial charge in [-0.05, 0) is 30.5 Å². The first kappa shape index (κ1) is 22.5. The van der Waals surface area contributed by atoms with Gasteiger partial charge in [-0.1, -0.05) is 91.0 Å². The summed E-state index contributed by atoms with van der Waals surface area (Å²) in [6.07, 6.45) is 0. The summed E-state index contributed by atoms with van der Waals surface area (Å²) in [5.41, 5.74) is 6.56. The lowest BCUT2D eigenvalue weighted by Gasteiger charge is -2.19. The van der Waals surface area contributed by atoms with E-state index in [1.54, 1.807) is 0 Å². The second-order valence-corrected chi connectivity index (χ2v) is 8.20. The van der Waals surface area contributed by atoms with Crippen LogP contribution in [0.2, 0.25) is 0 Å². The zero-order valence-corrected chi connectivity index (χ0v) is 19.2. The molecular weight excluding hydrogens is 408 g/mol. The maximum absolute atomic E-state index is 12.7. The number of hydrogen-bond donors (Lipinski definition) is 2. The third-order valence-corrected chi connectivity index (χ3v) is 5.90. The molecule has 5 heteroatoms. The van der Waals surface area contributed by atoms with Crippen LogP contribution in [0.25, 0.3) is 0 Å². The number of nitrogens with zero attached hydrogens (tertiary/aromatic N) is 2. The summed E-state index contributed by atoms with van der Waals surface area (Å²) in [4.78, 5) is 12.7. The lowest BCUT2D eigenvalue weighted by molar-refractivity contribution is -0.120. The second-order valence-electron chi connectivity index (χ2n) is 8.20. The fourth-order valence-electron chi connectivity index (χ4n) is 4.06. The van der Waals surface area contributed by atoms with E-state index in [-0.39, 0.29) is 18.5 Å². The fourth-order valence-corrected chi connectivity index (χ4v) is 4.06. The predicted octanol–water partition coefficient (Wildman–Crippen LogP) is 4.54. The minimum Gasteiger partial charge on any atom is -0.351 e. The molecule has 1 aromatic heterocycles. The number of rotatable bonds is 9. The molecule has 0 fully saturated rings. The molecule has 0 saturated heterocycles. The first-order chi connectivity index (χ1) is 16.1. The van der Waals surface area contributed by atoms with E-state index >= 15 is 0 Å². The van der Waals surface area contributed by atoms with E-state index in [0.717, 1.165) is 34.6 Å². The molecule has 5 nitrogen and oxygen atoms in total. The Morgan fingerprint density at radius 3 is 1.97 bits per heavy atom. The van der Waals surface area contributed by atoms with E-state index < -0.39 is 0 Å². The molecule has 0 radical (unpaired) electrons. The Labute approximate surface area is 195 Å². The van der Waals surface area contributed by atoms with Crippen LogP contribution in [0.3, 0.4) is 0 Å². The summed E-state index contributed by atoms with van der Waals surface area (Å²) in [5, 5.41) is 11.2. The van der Waals surface area contributed by atoms with Gasteiger partial charge in [-0.3, -0.25) is 14.8 Å². The van der Waals surface area contributed by atoms with E-state index in [4.69, 9.17) is 0 Å². The van der Waals surface area contributed by atoms with Crippen LogP contribution in [-0.4, -0.2) is 22.2 Å². The van der Waals surface area contributed by atoms with Gasteiger partial charge in [0, 0.05) is 17.8 Å². The molecule has 0 unspecified atom stereocenters. The smallest absolute Gasteiger partial charge is 0.234 e. The summed E-state index contributed by atoms with van der Waals surface area (Å²) in [6.45, 7) is 5.47. The van der Waals surface area contributed by atoms with Crippen LogP contribution in [0.4, 0.5) is 0 Å². The minimum atomic E-state index is -0.0461. The number of amides is 1. The van der Waals surface area contributed by atoms with Crippen molar-refractivity contribution < 1.29 is 4.79 Å². The van der Waals surface area contributed by atoms with Crippen LogP contribution >= 0.6 is 0 Å². The van der Waals surface area contributed by atoms with Gasteiger partial charge < -0.3 is 5.32 Å².